The SMILES string of the molecule is CC1CN(C(=O)c2ccccc2I)CCC1N.Cl. The zero-order chi connectivity index (χ0) is 12.4. The Morgan fingerprint density at radius 3 is 2.72 bits per heavy atom. The van der Waals surface area contributed by atoms with Crippen LogP contribution in [0.5, 0.6) is 0 Å². The third-order valence-electron chi connectivity index (χ3n) is 3.36. The number of nitrogens with two attached hydrogens (primary N) is 1. The lowest BCUT2D eigenvalue weighted by Gasteiger charge is -2.35. The van der Waals surface area contributed by atoms with Crippen molar-refractivity contribution in [3.05, 3.63) is 33.4 Å². The molecular formula is C13H18ClIN2O. The van der Waals surface area contributed by atoms with Gasteiger partial charge in [0, 0.05) is 22.7 Å². The summed E-state index contributed by atoms with van der Waals surface area (Å²) in [5.41, 5.74) is 6.77. The van der Waals surface area contributed by atoms with Crippen molar-refractivity contribution in [2.45, 2.75) is 19.4 Å². The van der Waals surface area contributed by atoms with E-state index < -0.39 is 0 Å². The van der Waals surface area contributed by atoms with Gasteiger partial charge in [-0.1, -0.05) is 19.1 Å². The van der Waals surface area contributed by atoms with Crippen LogP contribution in [0.2, 0.25) is 0 Å². The lowest BCUT2D eigenvalue weighted by atomic mass is 9.94. The molecule has 2 N–H and O–H groups in total. The molecule has 0 spiro atoms. The number of rotatable bonds is 1. The number of likely N-dealkylation sites (tertiary alicyclic amines) is 1. The van der Waals surface area contributed by atoms with E-state index in [1.165, 1.54) is 0 Å². The van der Waals surface area contributed by atoms with Crippen LogP contribution in [0.25, 0.3) is 0 Å². The number of hydrogen-bond donors (Lipinski definition) is 1. The second-order valence-electron chi connectivity index (χ2n) is 4.66. The van der Waals surface area contributed by atoms with Crippen LogP contribution in [-0.2, 0) is 0 Å². The first-order valence-corrected chi connectivity index (χ1v) is 6.97. The van der Waals surface area contributed by atoms with E-state index in [4.69, 9.17) is 5.73 Å². The summed E-state index contributed by atoms with van der Waals surface area (Å²) in [6.07, 6.45) is 0.899. The predicted molar refractivity (Wildman–Crippen MR) is 84.1 cm³/mol. The highest BCUT2D eigenvalue weighted by atomic mass is 127. The molecule has 2 rings (SSSR count). The maximum absolute atomic E-state index is 12.4. The van der Waals surface area contributed by atoms with Gasteiger partial charge in [-0.2, -0.15) is 0 Å². The summed E-state index contributed by atoms with van der Waals surface area (Å²) in [7, 11) is 0. The standard InChI is InChI=1S/C13H17IN2O.ClH/c1-9-8-16(7-6-12(9)15)13(17)10-4-2-3-5-11(10)14;/h2-5,9,12H,6-8,15H2,1H3;1H. The Balaban J connectivity index is 0.00000162. The smallest absolute Gasteiger partial charge is 0.254 e. The van der Waals surface area contributed by atoms with Gasteiger partial charge in [-0.25, -0.2) is 0 Å². The Bertz CT molecular complexity index is 427. The molecule has 1 aromatic carbocycles. The fraction of sp³-hybridized carbons (Fsp3) is 0.462. The summed E-state index contributed by atoms with van der Waals surface area (Å²) in [5, 5.41) is 0. The number of carbonyl (C=O) groups excluding carboxylic acids is 1. The van der Waals surface area contributed by atoms with Crippen LogP contribution >= 0.6 is 35.0 Å². The van der Waals surface area contributed by atoms with Gasteiger partial charge in [0.25, 0.3) is 5.91 Å². The van der Waals surface area contributed by atoms with E-state index >= 15 is 0 Å². The van der Waals surface area contributed by atoms with Gasteiger partial charge in [-0.3, -0.25) is 4.79 Å². The maximum Gasteiger partial charge on any atom is 0.254 e. The number of hydrogen-bond acceptors (Lipinski definition) is 2. The van der Waals surface area contributed by atoms with Crippen molar-refractivity contribution in [1.29, 1.82) is 0 Å². The molecule has 1 saturated heterocycles. The molecule has 0 saturated carbocycles. The number of nitrogens with zero attached hydrogens (tertiary/aromatic N) is 1. The molecule has 1 aromatic rings. The molecule has 0 aliphatic carbocycles. The summed E-state index contributed by atoms with van der Waals surface area (Å²) in [6.45, 7) is 3.65. The Kier molecular flexibility index (Phi) is 5.88. The molecule has 100 valence electrons. The molecule has 1 amide bonds. The first-order chi connectivity index (χ1) is 8.09. The van der Waals surface area contributed by atoms with Crippen LogP contribution in [-0.4, -0.2) is 29.9 Å². The van der Waals surface area contributed by atoms with Gasteiger partial charge in [0.2, 0.25) is 0 Å². The molecule has 0 bridgehead atoms. The van der Waals surface area contributed by atoms with Crippen molar-refractivity contribution in [2.75, 3.05) is 13.1 Å². The van der Waals surface area contributed by atoms with E-state index in [2.05, 4.69) is 29.5 Å². The van der Waals surface area contributed by atoms with Gasteiger partial charge in [0.05, 0.1) is 5.56 Å². The molecule has 0 aromatic heterocycles. The van der Waals surface area contributed by atoms with Gasteiger partial charge in [-0.15, -0.1) is 12.4 Å². The number of benzene rings is 1. The largest absolute Gasteiger partial charge is 0.338 e. The average molecular weight is 381 g/mol. The molecule has 18 heavy (non-hydrogen) atoms. The van der Waals surface area contributed by atoms with Crippen LogP contribution in [0.3, 0.4) is 0 Å². The van der Waals surface area contributed by atoms with Gasteiger partial charge in [0.15, 0.2) is 0 Å². The Hall–Kier alpha value is -0.330. The lowest BCUT2D eigenvalue weighted by Crippen LogP contribution is -2.48. The molecule has 2 unspecified atom stereocenters. The lowest BCUT2D eigenvalue weighted by molar-refractivity contribution is 0.0663. The number of carbonyl (C=O) groups is 1. The van der Waals surface area contributed by atoms with E-state index in [9.17, 15) is 4.79 Å². The summed E-state index contributed by atoms with van der Waals surface area (Å²) in [4.78, 5) is 14.3. The van der Waals surface area contributed by atoms with Crippen molar-refractivity contribution in [2.24, 2.45) is 11.7 Å². The Labute approximate surface area is 128 Å². The molecular weight excluding hydrogens is 363 g/mol. The number of piperidine rings is 1. The minimum atomic E-state index is 0. The second-order valence-corrected chi connectivity index (χ2v) is 5.82. The van der Waals surface area contributed by atoms with Crippen molar-refractivity contribution in [3.8, 4) is 0 Å². The summed E-state index contributed by atoms with van der Waals surface area (Å²) >= 11 is 2.21. The third kappa shape index (κ3) is 3.36. The topological polar surface area (TPSA) is 46.3 Å². The molecule has 1 aliphatic rings. The van der Waals surface area contributed by atoms with Crippen LogP contribution in [0.1, 0.15) is 23.7 Å². The van der Waals surface area contributed by atoms with Crippen molar-refractivity contribution < 1.29 is 4.79 Å². The van der Waals surface area contributed by atoms with E-state index in [-0.39, 0.29) is 24.4 Å². The highest BCUT2D eigenvalue weighted by Gasteiger charge is 2.27. The molecule has 1 fully saturated rings. The minimum absolute atomic E-state index is 0. The van der Waals surface area contributed by atoms with E-state index in [0.717, 1.165) is 28.6 Å². The van der Waals surface area contributed by atoms with Gasteiger partial charge >= 0.3 is 0 Å². The van der Waals surface area contributed by atoms with Crippen LogP contribution < -0.4 is 5.73 Å². The molecule has 0 radical (unpaired) electrons. The van der Waals surface area contributed by atoms with Crippen molar-refractivity contribution >= 4 is 40.9 Å². The molecule has 1 heterocycles. The van der Waals surface area contributed by atoms with Crippen molar-refractivity contribution in [1.82, 2.24) is 4.90 Å². The fourth-order valence-electron chi connectivity index (χ4n) is 2.15. The van der Waals surface area contributed by atoms with Crippen molar-refractivity contribution in [3.63, 3.8) is 0 Å². The third-order valence-corrected chi connectivity index (χ3v) is 4.30. The highest BCUT2D eigenvalue weighted by molar-refractivity contribution is 14.1. The first-order valence-electron chi connectivity index (χ1n) is 5.89. The van der Waals surface area contributed by atoms with Gasteiger partial charge < -0.3 is 10.6 Å². The molecule has 3 nitrogen and oxygen atoms in total. The second kappa shape index (κ2) is 6.73. The molecule has 5 heteroatoms. The monoisotopic (exact) mass is 380 g/mol. The maximum atomic E-state index is 12.4. The van der Waals surface area contributed by atoms with E-state index in [1.54, 1.807) is 0 Å². The minimum Gasteiger partial charge on any atom is -0.338 e. The van der Waals surface area contributed by atoms with Crippen LogP contribution in [0, 0.1) is 9.49 Å². The van der Waals surface area contributed by atoms with Gasteiger partial charge in [-0.05, 0) is 47.1 Å². The van der Waals surface area contributed by atoms with Gasteiger partial charge in [0.1, 0.15) is 0 Å². The van der Waals surface area contributed by atoms with E-state index in [1.807, 2.05) is 29.2 Å². The average Bonchev–Trinajstić information content (AvgIpc) is 2.32. The normalized spacial score (nSPS) is 23.4. The summed E-state index contributed by atoms with van der Waals surface area (Å²) < 4.78 is 1.01. The number of halogens is 2. The van der Waals surface area contributed by atoms with E-state index in [0.29, 0.717) is 5.92 Å². The Morgan fingerprint density at radius 1 is 1.44 bits per heavy atom. The number of amides is 1. The summed E-state index contributed by atoms with van der Waals surface area (Å²) in [5.74, 6) is 0.517. The molecule has 1 aliphatic heterocycles. The van der Waals surface area contributed by atoms with Crippen LogP contribution in [0.15, 0.2) is 24.3 Å². The summed E-state index contributed by atoms with van der Waals surface area (Å²) in [6, 6.07) is 7.95. The highest BCUT2D eigenvalue weighted by Crippen LogP contribution is 2.19. The quantitative estimate of drug-likeness (QED) is 0.761. The zero-order valence-electron chi connectivity index (χ0n) is 10.3. The molecule has 2 atom stereocenters. The van der Waals surface area contributed by atoms with Crippen LogP contribution in [0.4, 0.5) is 0 Å². The Morgan fingerprint density at radius 2 is 2.11 bits per heavy atom. The predicted octanol–water partition coefficient (Wildman–Crippen LogP) is 2.52. The fourth-order valence-corrected chi connectivity index (χ4v) is 2.77. The first kappa shape index (κ1) is 15.7. The zero-order valence-corrected chi connectivity index (χ0v) is 13.3.